The first kappa shape index (κ1) is 12.1. The van der Waals surface area contributed by atoms with Gasteiger partial charge in [-0.2, -0.15) is 5.26 Å². The van der Waals surface area contributed by atoms with Gasteiger partial charge in [0.2, 0.25) is 5.91 Å². The van der Waals surface area contributed by atoms with Crippen molar-refractivity contribution < 1.29 is 9.00 Å². The van der Waals surface area contributed by atoms with Crippen molar-refractivity contribution in [3.63, 3.8) is 0 Å². The first-order chi connectivity index (χ1) is 6.11. The summed E-state index contributed by atoms with van der Waals surface area (Å²) in [6, 6.07) is 1.95. The molecule has 0 rings (SSSR count). The van der Waals surface area contributed by atoms with Crippen LogP contribution in [0.15, 0.2) is 0 Å². The summed E-state index contributed by atoms with van der Waals surface area (Å²) in [5.74, 6) is 0.409. The summed E-state index contributed by atoms with van der Waals surface area (Å²) in [4.78, 5) is 12.7. The monoisotopic (exact) mass is 202 g/mol. The molecule has 0 spiro atoms. The fourth-order valence-corrected chi connectivity index (χ4v) is 1.39. The van der Waals surface area contributed by atoms with Crippen molar-refractivity contribution >= 4 is 16.7 Å². The Morgan fingerprint density at radius 1 is 1.62 bits per heavy atom. The average molecular weight is 202 g/mol. The Labute approximate surface area is 81.0 Å². The van der Waals surface area contributed by atoms with Crippen LogP contribution in [-0.4, -0.2) is 40.1 Å². The second-order valence-corrected chi connectivity index (χ2v) is 4.34. The zero-order valence-corrected chi connectivity index (χ0v) is 8.76. The highest BCUT2D eigenvalue weighted by atomic mass is 32.2. The molecule has 0 aromatic rings. The van der Waals surface area contributed by atoms with Gasteiger partial charge in [0.05, 0.1) is 12.5 Å². The van der Waals surface area contributed by atoms with Crippen LogP contribution in [-0.2, 0) is 15.6 Å². The third kappa shape index (κ3) is 5.36. The van der Waals surface area contributed by atoms with Gasteiger partial charge >= 0.3 is 0 Å². The molecule has 74 valence electrons. The molecule has 1 amide bonds. The summed E-state index contributed by atoms with van der Waals surface area (Å²) in [5.41, 5.74) is 0. The minimum Gasteiger partial charge on any atom is -0.344 e. The molecular formula is C8H14N2O2S. The van der Waals surface area contributed by atoms with Crippen LogP contribution in [0.25, 0.3) is 0 Å². The Kier molecular flexibility index (Phi) is 6.15. The smallest absolute Gasteiger partial charge is 0.234 e. The van der Waals surface area contributed by atoms with Gasteiger partial charge in [0.15, 0.2) is 0 Å². The average Bonchev–Trinajstić information content (AvgIpc) is 2.13. The van der Waals surface area contributed by atoms with E-state index in [9.17, 15) is 9.00 Å². The molecule has 0 aliphatic heterocycles. The van der Waals surface area contributed by atoms with E-state index in [1.54, 1.807) is 14.0 Å². The number of nitriles is 1. The second kappa shape index (κ2) is 6.61. The molecule has 1 unspecified atom stereocenters. The third-order valence-electron chi connectivity index (χ3n) is 1.59. The normalized spacial score (nSPS) is 11.8. The summed E-state index contributed by atoms with van der Waals surface area (Å²) < 4.78 is 11.0. The Balaban J connectivity index is 3.83. The highest BCUT2D eigenvalue weighted by Gasteiger charge is 2.10. The van der Waals surface area contributed by atoms with E-state index in [4.69, 9.17) is 5.26 Å². The van der Waals surface area contributed by atoms with Crippen LogP contribution in [0.2, 0.25) is 0 Å². The topological polar surface area (TPSA) is 61.2 Å². The molecule has 1 atom stereocenters. The molecule has 0 saturated carbocycles. The molecule has 13 heavy (non-hydrogen) atoms. The molecular weight excluding hydrogens is 188 g/mol. The lowest BCUT2D eigenvalue weighted by atomic mass is 10.4. The number of hydrogen-bond donors (Lipinski definition) is 0. The summed E-state index contributed by atoms with van der Waals surface area (Å²) >= 11 is 0. The van der Waals surface area contributed by atoms with E-state index in [1.807, 2.05) is 6.07 Å². The molecule has 0 aliphatic rings. The van der Waals surface area contributed by atoms with Gasteiger partial charge in [-0.05, 0) is 0 Å². The summed E-state index contributed by atoms with van der Waals surface area (Å²) in [7, 11) is 0.560. The zero-order valence-electron chi connectivity index (χ0n) is 7.95. The Hall–Kier alpha value is -0.890. The minimum atomic E-state index is -1.06. The lowest BCUT2D eigenvalue weighted by Crippen LogP contribution is -2.31. The van der Waals surface area contributed by atoms with Gasteiger partial charge in [0.1, 0.15) is 5.75 Å². The fraction of sp³-hybridized carbons (Fsp3) is 0.750. The van der Waals surface area contributed by atoms with Gasteiger partial charge in [-0.15, -0.1) is 0 Å². The van der Waals surface area contributed by atoms with Crippen LogP contribution in [0.3, 0.4) is 0 Å². The van der Waals surface area contributed by atoms with Gasteiger partial charge in [-0.1, -0.05) is 6.92 Å². The molecule has 4 nitrogen and oxygen atoms in total. The van der Waals surface area contributed by atoms with E-state index in [2.05, 4.69) is 0 Å². The van der Waals surface area contributed by atoms with Crippen molar-refractivity contribution in [2.75, 3.05) is 25.1 Å². The molecule has 0 aromatic carbocycles. The number of hydrogen-bond acceptors (Lipinski definition) is 3. The lowest BCUT2D eigenvalue weighted by molar-refractivity contribution is -0.127. The van der Waals surface area contributed by atoms with Gasteiger partial charge in [-0.25, -0.2) is 0 Å². The van der Waals surface area contributed by atoms with E-state index in [1.165, 1.54) is 4.90 Å². The van der Waals surface area contributed by atoms with Gasteiger partial charge in [0.25, 0.3) is 0 Å². The van der Waals surface area contributed by atoms with Crippen molar-refractivity contribution in [1.82, 2.24) is 4.90 Å². The number of nitrogens with zero attached hydrogens (tertiary/aromatic N) is 2. The first-order valence-electron chi connectivity index (χ1n) is 4.07. The lowest BCUT2D eigenvalue weighted by Gasteiger charge is -2.14. The molecule has 0 heterocycles. The molecule has 0 aromatic heterocycles. The van der Waals surface area contributed by atoms with Crippen LogP contribution in [0, 0.1) is 11.3 Å². The van der Waals surface area contributed by atoms with Gasteiger partial charge < -0.3 is 4.90 Å². The Morgan fingerprint density at radius 2 is 2.23 bits per heavy atom. The van der Waals surface area contributed by atoms with Crippen molar-refractivity contribution in [1.29, 1.82) is 5.26 Å². The largest absolute Gasteiger partial charge is 0.344 e. The predicted octanol–water partition coefficient (Wildman–Crippen LogP) is 0.127. The summed E-state index contributed by atoms with van der Waals surface area (Å²) in [6.45, 7) is 2.19. The van der Waals surface area contributed by atoms with Crippen LogP contribution >= 0.6 is 0 Å². The Morgan fingerprint density at radius 3 is 2.69 bits per heavy atom. The van der Waals surface area contributed by atoms with Crippen molar-refractivity contribution in [3.05, 3.63) is 0 Å². The van der Waals surface area contributed by atoms with E-state index in [0.717, 1.165) is 0 Å². The highest BCUT2D eigenvalue weighted by molar-refractivity contribution is 7.85. The van der Waals surface area contributed by atoms with Gasteiger partial charge in [-0.3, -0.25) is 9.00 Å². The van der Waals surface area contributed by atoms with Crippen LogP contribution in [0.5, 0.6) is 0 Å². The van der Waals surface area contributed by atoms with Crippen molar-refractivity contribution in [2.45, 2.75) is 13.3 Å². The quantitative estimate of drug-likeness (QED) is 0.636. The number of rotatable bonds is 5. The van der Waals surface area contributed by atoms with Crippen LogP contribution < -0.4 is 0 Å². The molecule has 0 bridgehead atoms. The van der Waals surface area contributed by atoms with Crippen molar-refractivity contribution in [3.8, 4) is 6.07 Å². The van der Waals surface area contributed by atoms with Crippen LogP contribution in [0.1, 0.15) is 13.3 Å². The Bertz CT molecular complexity index is 235. The molecule has 0 saturated heterocycles. The number of carbonyl (C=O) groups excluding carboxylic acids is 1. The summed E-state index contributed by atoms with van der Waals surface area (Å²) in [6.07, 6.45) is 0.320. The molecule has 0 N–H and O–H groups in total. The van der Waals surface area contributed by atoms with E-state index < -0.39 is 10.8 Å². The van der Waals surface area contributed by atoms with Crippen molar-refractivity contribution in [2.24, 2.45) is 0 Å². The zero-order chi connectivity index (χ0) is 10.3. The summed E-state index contributed by atoms with van der Waals surface area (Å²) in [5, 5.41) is 8.28. The van der Waals surface area contributed by atoms with E-state index in [-0.39, 0.29) is 11.7 Å². The van der Waals surface area contributed by atoms with Gasteiger partial charge in [0, 0.05) is 30.1 Å². The van der Waals surface area contributed by atoms with Crippen LogP contribution in [0.4, 0.5) is 0 Å². The standard InChI is InChI=1S/C8H14N2O2S/c1-3-13(12)7-8(11)10(2)6-4-5-9/h3-4,6-7H2,1-2H3. The molecule has 0 aliphatic carbocycles. The number of amides is 1. The van der Waals surface area contributed by atoms with E-state index in [0.29, 0.717) is 18.7 Å². The maximum absolute atomic E-state index is 11.2. The maximum Gasteiger partial charge on any atom is 0.234 e. The SMILES string of the molecule is CCS(=O)CC(=O)N(C)CCC#N. The predicted molar refractivity (Wildman–Crippen MR) is 51.4 cm³/mol. The van der Waals surface area contributed by atoms with E-state index >= 15 is 0 Å². The number of carbonyl (C=O) groups is 1. The highest BCUT2D eigenvalue weighted by Crippen LogP contribution is 1.91. The molecule has 0 fully saturated rings. The fourth-order valence-electron chi connectivity index (χ4n) is 0.692. The minimum absolute atomic E-state index is 0.0679. The third-order valence-corrected chi connectivity index (χ3v) is 2.80. The molecule has 0 radical (unpaired) electrons. The maximum atomic E-state index is 11.2. The first-order valence-corrected chi connectivity index (χ1v) is 5.56. The second-order valence-electron chi connectivity index (χ2n) is 2.60. The molecule has 5 heteroatoms.